The van der Waals surface area contributed by atoms with Crippen LogP contribution in [-0.2, 0) is 14.3 Å². The quantitative estimate of drug-likeness (QED) is 0.736. The fraction of sp³-hybridized carbons (Fsp3) is 0.300. The normalized spacial score (nSPS) is 21.3. The summed E-state index contributed by atoms with van der Waals surface area (Å²) < 4.78 is 30.9. The maximum absolute atomic E-state index is 12.6. The lowest BCUT2D eigenvalue weighted by atomic mass is 9.82. The zero-order chi connectivity index (χ0) is 17.0. The summed E-state index contributed by atoms with van der Waals surface area (Å²) in [5, 5.41) is 0. The smallest absolute Gasteiger partial charge is 0.262 e. The van der Waals surface area contributed by atoms with Crippen molar-refractivity contribution in [3.63, 3.8) is 0 Å². The molecule has 1 fully saturated rings. The highest BCUT2D eigenvalue weighted by atomic mass is 32.2. The van der Waals surface area contributed by atoms with E-state index in [9.17, 15) is 8.42 Å². The maximum Gasteiger partial charge on any atom is 0.297 e. The van der Waals surface area contributed by atoms with Gasteiger partial charge in [-0.1, -0.05) is 68.0 Å². The summed E-state index contributed by atoms with van der Waals surface area (Å²) in [6, 6.07) is 16.7. The topological polar surface area (TPSA) is 43.4 Å². The minimum atomic E-state index is -3.76. The molecule has 0 bridgehead atoms. The average molecular weight is 342 g/mol. The average Bonchev–Trinajstić information content (AvgIpc) is 2.63. The zero-order valence-corrected chi connectivity index (χ0v) is 14.4. The molecule has 3 nitrogen and oxygen atoms in total. The zero-order valence-electron chi connectivity index (χ0n) is 13.6. The van der Waals surface area contributed by atoms with E-state index in [-0.39, 0.29) is 16.9 Å². The molecule has 2 aromatic carbocycles. The monoisotopic (exact) mass is 342 g/mol. The van der Waals surface area contributed by atoms with Crippen molar-refractivity contribution in [2.24, 2.45) is 0 Å². The second kappa shape index (κ2) is 7.32. The Labute approximate surface area is 144 Å². The second-order valence-corrected chi connectivity index (χ2v) is 7.74. The van der Waals surface area contributed by atoms with Gasteiger partial charge in [0.1, 0.15) is 0 Å². The van der Waals surface area contributed by atoms with Crippen LogP contribution in [0, 0.1) is 0 Å². The third kappa shape index (κ3) is 3.77. The summed E-state index contributed by atoms with van der Waals surface area (Å²) in [5.41, 5.74) is 2.04. The maximum atomic E-state index is 12.6. The molecule has 0 radical (unpaired) electrons. The molecule has 0 heterocycles. The molecule has 0 spiro atoms. The van der Waals surface area contributed by atoms with E-state index >= 15 is 0 Å². The van der Waals surface area contributed by atoms with Gasteiger partial charge in [0.15, 0.2) is 0 Å². The van der Waals surface area contributed by atoms with Crippen LogP contribution in [0.5, 0.6) is 0 Å². The number of rotatable bonds is 5. The molecule has 2 atom stereocenters. The van der Waals surface area contributed by atoms with Crippen LogP contribution in [0.4, 0.5) is 0 Å². The largest absolute Gasteiger partial charge is 0.297 e. The molecule has 0 amide bonds. The van der Waals surface area contributed by atoms with Crippen molar-refractivity contribution in [1.29, 1.82) is 0 Å². The Kier molecular flexibility index (Phi) is 5.17. The van der Waals surface area contributed by atoms with E-state index in [4.69, 9.17) is 4.18 Å². The van der Waals surface area contributed by atoms with E-state index in [0.717, 1.165) is 36.8 Å². The third-order valence-corrected chi connectivity index (χ3v) is 5.94. The summed E-state index contributed by atoms with van der Waals surface area (Å²) in [4.78, 5) is 0.200. The van der Waals surface area contributed by atoms with E-state index < -0.39 is 10.1 Å². The van der Waals surface area contributed by atoms with Gasteiger partial charge in [-0.15, -0.1) is 0 Å². The molecule has 0 saturated heterocycles. The van der Waals surface area contributed by atoms with Crippen molar-refractivity contribution >= 4 is 16.2 Å². The number of benzene rings is 2. The molecule has 1 aliphatic carbocycles. The first-order valence-corrected chi connectivity index (χ1v) is 9.72. The van der Waals surface area contributed by atoms with Gasteiger partial charge in [0.2, 0.25) is 0 Å². The molecular formula is C20H22O3S. The van der Waals surface area contributed by atoms with Gasteiger partial charge in [-0.3, -0.25) is 4.18 Å². The molecule has 126 valence electrons. The highest BCUT2D eigenvalue weighted by molar-refractivity contribution is 7.86. The van der Waals surface area contributed by atoms with Crippen molar-refractivity contribution in [2.45, 2.75) is 42.6 Å². The Hall–Kier alpha value is -1.91. The van der Waals surface area contributed by atoms with E-state index in [1.54, 1.807) is 30.3 Å². The van der Waals surface area contributed by atoms with Crippen molar-refractivity contribution in [2.75, 3.05) is 0 Å². The van der Waals surface area contributed by atoms with Crippen molar-refractivity contribution in [3.05, 3.63) is 72.3 Å². The van der Waals surface area contributed by atoms with Crippen LogP contribution in [0.25, 0.3) is 6.08 Å². The molecule has 3 rings (SSSR count). The molecule has 1 aliphatic rings. The Bertz CT molecular complexity index is 779. The summed E-state index contributed by atoms with van der Waals surface area (Å²) in [6.07, 6.45) is 5.21. The molecule has 0 aliphatic heterocycles. The molecular weight excluding hydrogens is 320 g/mol. The summed E-state index contributed by atoms with van der Waals surface area (Å²) >= 11 is 0. The SMILES string of the molecule is C=Cc1ccc(S(=O)(=O)OC2CCCCC2c2ccccc2)cc1. The second-order valence-electron chi connectivity index (χ2n) is 6.16. The summed E-state index contributed by atoms with van der Waals surface area (Å²) in [5.74, 6) is 0.127. The van der Waals surface area contributed by atoms with E-state index in [1.165, 1.54) is 0 Å². The molecule has 2 aromatic rings. The van der Waals surface area contributed by atoms with E-state index in [0.29, 0.717) is 0 Å². The Morgan fingerprint density at radius 1 is 0.958 bits per heavy atom. The standard InChI is InChI=1S/C20H22O3S/c1-2-16-12-14-18(15-13-16)24(21,22)23-20-11-7-6-10-19(20)17-8-4-3-5-9-17/h2-5,8-9,12-15,19-20H,1,6-7,10-11H2. The molecule has 0 aromatic heterocycles. The Morgan fingerprint density at radius 3 is 2.29 bits per heavy atom. The first-order chi connectivity index (χ1) is 11.6. The lowest BCUT2D eigenvalue weighted by molar-refractivity contribution is 0.137. The van der Waals surface area contributed by atoms with Gasteiger partial charge in [0.05, 0.1) is 11.0 Å². The lowest BCUT2D eigenvalue weighted by Gasteiger charge is -2.31. The minimum absolute atomic E-state index is 0.127. The third-order valence-electron chi connectivity index (χ3n) is 4.59. The lowest BCUT2D eigenvalue weighted by Crippen LogP contribution is -2.28. The molecule has 0 N–H and O–H groups in total. The first-order valence-electron chi connectivity index (χ1n) is 8.31. The van der Waals surface area contributed by atoms with Gasteiger partial charge in [0.25, 0.3) is 10.1 Å². The van der Waals surface area contributed by atoms with Gasteiger partial charge in [-0.05, 0) is 36.1 Å². The minimum Gasteiger partial charge on any atom is -0.262 e. The fourth-order valence-corrected chi connectivity index (χ4v) is 4.42. The molecule has 2 unspecified atom stereocenters. The van der Waals surface area contributed by atoms with E-state index in [2.05, 4.69) is 18.7 Å². The predicted octanol–water partition coefficient (Wildman–Crippen LogP) is 4.76. The Morgan fingerprint density at radius 2 is 1.62 bits per heavy atom. The van der Waals surface area contributed by atoms with Crippen LogP contribution in [0.1, 0.15) is 42.7 Å². The molecule has 24 heavy (non-hydrogen) atoms. The van der Waals surface area contributed by atoms with Crippen LogP contribution in [0.2, 0.25) is 0 Å². The first kappa shape index (κ1) is 16.9. The summed E-state index contributed by atoms with van der Waals surface area (Å²) in [6.45, 7) is 3.68. The van der Waals surface area contributed by atoms with Gasteiger partial charge >= 0.3 is 0 Å². The number of hydrogen-bond acceptors (Lipinski definition) is 3. The summed E-state index contributed by atoms with van der Waals surface area (Å²) in [7, 11) is -3.76. The van der Waals surface area contributed by atoms with Crippen molar-refractivity contribution in [1.82, 2.24) is 0 Å². The van der Waals surface area contributed by atoms with Crippen LogP contribution in [0.3, 0.4) is 0 Å². The highest BCUT2D eigenvalue weighted by Gasteiger charge is 2.31. The van der Waals surface area contributed by atoms with Crippen LogP contribution in [-0.4, -0.2) is 14.5 Å². The fourth-order valence-electron chi connectivity index (χ4n) is 3.28. The van der Waals surface area contributed by atoms with Gasteiger partial charge in [-0.2, -0.15) is 8.42 Å². The van der Waals surface area contributed by atoms with Crippen LogP contribution < -0.4 is 0 Å². The van der Waals surface area contributed by atoms with Gasteiger partial charge in [0, 0.05) is 5.92 Å². The van der Waals surface area contributed by atoms with Crippen molar-refractivity contribution in [3.8, 4) is 0 Å². The van der Waals surface area contributed by atoms with E-state index in [1.807, 2.05) is 18.2 Å². The number of hydrogen-bond donors (Lipinski definition) is 0. The van der Waals surface area contributed by atoms with Gasteiger partial charge < -0.3 is 0 Å². The Balaban J connectivity index is 1.82. The van der Waals surface area contributed by atoms with Crippen LogP contribution in [0.15, 0.2) is 66.1 Å². The van der Waals surface area contributed by atoms with Crippen LogP contribution >= 0.6 is 0 Å². The van der Waals surface area contributed by atoms with Crippen molar-refractivity contribution < 1.29 is 12.6 Å². The molecule has 4 heteroatoms. The van der Waals surface area contributed by atoms with Gasteiger partial charge in [-0.25, -0.2) is 0 Å². The predicted molar refractivity (Wildman–Crippen MR) is 96.2 cm³/mol. The highest BCUT2D eigenvalue weighted by Crippen LogP contribution is 2.36. The molecule has 1 saturated carbocycles.